The molecule has 1 atom stereocenters. The van der Waals surface area contributed by atoms with E-state index in [1.54, 1.807) is 6.20 Å². The molecule has 1 saturated heterocycles. The molecule has 0 radical (unpaired) electrons. The smallest absolute Gasteiger partial charge is 0.273 e. The number of rotatable bonds is 2. The van der Waals surface area contributed by atoms with Crippen LogP contribution in [0.4, 0.5) is 0 Å². The summed E-state index contributed by atoms with van der Waals surface area (Å²) in [5.41, 5.74) is 6.22. The number of likely N-dealkylation sites (tertiary alicyclic amines) is 1. The van der Waals surface area contributed by atoms with Crippen LogP contribution < -0.4 is 5.73 Å². The lowest BCUT2D eigenvalue weighted by molar-refractivity contribution is 0.0784. The van der Waals surface area contributed by atoms with Gasteiger partial charge in [0.05, 0.1) is 0 Å². The van der Waals surface area contributed by atoms with Gasteiger partial charge < -0.3 is 10.6 Å². The second-order valence-electron chi connectivity index (χ2n) is 5.02. The van der Waals surface area contributed by atoms with Crippen LogP contribution in [0.15, 0.2) is 36.5 Å². The van der Waals surface area contributed by atoms with Crippen LogP contribution >= 0.6 is 24.8 Å². The maximum atomic E-state index is 12.5. The molecular weight excluding hydrogens is 309 g/mol. The van der Waals surface area contributed by atoms with Crippen molar-refractivity contribution in [3.05, 3.63) is 42.2 Å². The predicted molar refractivity (Wildman–Crippen MR) is 89.3 cm³/mol. The lowest BCUT2D eigenvalue weighted by atomic mass is 10.1. The number of nitrogens with two attached hydrogens (primary N) is 1. The van der Waals surface area contributed by atoms with E-state index in [1.807, 2.05) is 35.2 Å². The third kappa shape index (κ3) is 3.46. The van der Waals surface area contributed by atoms with Crippen LogP contribution in [-0.2, 0) is 0 Å². The van der Waals surface area contributed by atoms with Gasteiger partial charge in [-0.25, -0.2) is 0 Å². The summed E-state index contributed by atoms with van der Waals surface area (Å²) in [5.74, 6) is 0.451. The standard InChI is InChI=1S/C15H17N3O.2ClH/c16-9-11-6-8-18(10-11)15(19)14-13-4-2-1-3-12(13)5-7-17-14;;/h1-5,7,11H,6,8-10,16H2;2*1H. The van der Waals surface area contributed by atoms with Crippen molar-refractivity contribution in [3.8, 4) is 0 Å². The summed E-state index contributed by atoms with van der Waals surface area (Å²) in [6.07, 6.45) is 2.69. The molecule has 1 amide bonds. The Bertz CT molecular complexity index is 615. The van der Waals surface area contributed by atoms with E-state index in [-0.39, 0.29) is 30.7 Å². The van der Waals surface area contributed by atoms with Gasteiger partial charge in [0.1, 0.15) is 5.69 Å². The number of carbonyl (C=O) groups is 1. The molecule has 0 bridgehead atoms. The predicted octanol–water partition coefficient (Wildman–Crippen LogP) is 2.50. The summed E-state index contributed by atoms with van der Waals surface area (Å²) in [6, 6.07) is 9.79. The minimum atomic E-state index is 0. The Balaban J connectivity index is 0.00000110. The molecule has 1 aromatic carbocycles. The number of halogens is 2. The molecule has 3 rings (SSSR count). The van der Waals surface area contributed by atoms with Crippen LogP contribution in [0.5, 0.6) is 0 Å². The van der Waals surface area contributed by atoms with E-state index in [4.69, 9.17) is 5.73 Å². The van der Waals surface area contributed by atoms with Gasteiger partial charge in [0.15, 0.2) is 0 Å². The summed E-state index contributed by atoms with van der Waals surface area (Å²) in [6.45, 7) is 2.18. The molecule has 0 spiro atoms. The molecule has 6 heteroatoms. The normalized spacial score (nSPS) is 17.2. The van der Waals surface area contributed by atoms with Crippen LogP contribution in [0.2, 0.25) is 0 Å². The van der Waals surface area contributed by atoms with Gasteiger partial charge in [-0.15, -0.1) is 24.8 Å². The zero-order valence-corrected chi connectivity index (χ0v) is 13.2. The summed E-state index contributed by atoms with van der Waals surface area (Å²) >= 11 is 0. The molecular formula is C15H19Cl2N3O. The number of hydrogen-bond donors (Lipinski definition) is 1. The number of carbonyl (C=O) groups excluding carboxylic acids is 1. The minimum Gasteiger partial charge on any atom is -0.337 e. The maximum Gasteiger partial charge on any atom is 0.273 e. The molecule has 0 saturated carbocycles. The van der Waals surface area contributed by atoms with Gasteiger partial charge in [-0.3, -0.25) is 9.78 Å². The second-order valence-corrected chi connectivity index (χ2v) is 5.02. The van der Waals surface area contributed by atoms with Gasteiger partial charge in [0.25, 0.3) is 5.91 Å². The Morgan fingerprint density at radius 3 is 2.76 bits per heavy atom. The van der Waals surface area contributed by atoms with Gasteiger partial charge in [-0.2, -0.15) is 0 Å². The zero-order chi connectivity index (χ0) is 13.2. The number of fused-ring (bicyclic) bond motifs is 1. The van der Waals surface area contributed by atoms with E-state index in [0.29, 0.717) is 18.2 Å². The average Bonchev–Trinajstić information content (AvgIpc) is 2.95. The average molecular weight is 328 g/mol. The van der Waals surface area contributed by atoms with E-state index in [0.717, 1.165) is 30.3 Å². The van der Waals surface area contributed by atoms with E-state index >= 15 is 0 Å². The highest BCUT2D eigenvalue weighted by molar-refractivity contribution is 6.05. The highest BCUT2D eigenvalue weighted by Crippen LogP contribution is 2.21. The van der Waals surface area contributed by atoms with Crippen LogP contribution in [0.3, 0.4) is 0 Å². The first-order chi connectivity index (χ1) is 9.29. The first kappa shape index (κ1) is 17.7. The van der Waals surface area contributed by atoms with Crippen molar-refractivity contribution in [1.29, 1.82) is 0 Å². The van der Waals surface area contributed by atoms with Gasteiger partial charge in [-0.05, 0) is 30.3 Å². The summed E-state index contributed by atoms with van der Waals surface area (Å²) < 4.78 is 0. The Morgan fingerprint density at radius 2 is 2.05 bits per heavy atom. The van der Waals surface area contributed by atoms with Crippen molar-refractivity contribution in [3.63, 3.8) is 0 Å². The SMILES string of the molecule is Cl.Cl.NCC1CCN(C(=O)c2nccc3ccccc23)C1. The minimum absolute atomic E-state index is 0. The third-order valence-corrected chi connectivity index (χ3v) is 3.78. The first-order valence-electron chi connectivity index (χ1n) is 6.62. The van der Waals surface area contributed by atoms with E-state index in [2.05, 4.69) is 4.98 Å². The molecule has 4 nitrogen and oxygen atoms in total. The highest BCUT2D eigenvalue weighted by Gasteiger charge is 2.27. The van der Waals surface area contributed by atoms with Crippen molar-refractivity contribution in [2.75, 3.05) is 19.6 Å². The molecule has 2 aromatic rings. The molecule has 2 N–H and O–H groups in total. The van der Waals surface area contributed by atoms with E-state index in [9.17, 15) is 4.79 Å². The quantitative estimate of drug-likeness (QED) is 0.921. The van der Waals surface area contributed by atoms with Gasteiger partial charge in [0.2, 0.25) is 0 Å². The van der Waals surface area contributed by atoms with Crippen molar-refractivity contribution in [2.24, 2.45) is 11.7 Å². The Labute approximate surface area is 136 Å². The summed E-state index contributed by atoms with van der Waals surface area (Å²) in [5, 5.41) is 1.97. The Hall–Kier alpha value is -1.36. The number of benzene rings is 1. The van der Waals surface area contributed by atoms with Crippen molar-refractivity contribution >= 4 is 41.5 Å². The number of amides is 1. The molecule has 2 heterocycles. The highest BCUT2D eigenvalue weighted by atomic mass is 35.5. The molecule has 114 valence electrons. The van der Waals surface area contributed by atoms with Gasteiger partial charge >= 0.3 is 0 Å². The fraction of sp³-hybridized carbons (Fsp3) is 0.333. The maximum absolute atomic E-state index is 12.5. The molecule has 1 unspecified atom stereocenters. The Kier molecular flexibility index (Phi) is 6.40. The first-order valence-corrected chi connectivity index (χ1v) is 6.62. The van der Waals surface area contributed by atoms with Gasteiger partial charge in [-0.1, -0.05) is 24.3 Å². The zero-order valence-electron chi connectivity index (χ0n) is 11.6. The molecule has 0 aliphatic carbocycles. The van der Waals surface area contributed by atoms with Gasteiger partial charge in [0, 0.05) is 24.7 Å². The molecule has 1 aromatic heterocycles. The fourth-order valence-electron chi connectivity index (χ4n) is 2.65. The van der Waals surface area contributed by atoms with Crippen molar-refractivity contribution < 1.29 is 4.79 Å². The molecule has 1 aliphatic heterocycles. The number of aromatic nitrogens is 1. The third-order valence-electron chi connectivity index (χ3n) is 3.78. The monoisotopic (exact) mass is 327 g/mol. The van der Waals surface area contributed by atoms with E-state index in [1.165, 1.54) is 0 Å². The second kappa shape index (κ2) is 7.59. The van der Waals surface area contributed by atoms with Crippen LogP contribution in [0, 0.1) is 5.92 Å². The Morgan fingerprint density at radius 1 is 1.29 bits per heavy atom. The summed E-state index contributed by atoms with van der Waals surface area (Å²) in [4.78, 5) is 18.7. The largest absolute Gasteiger partial charge is 0.337 e. The lowest BCUT2D eigenvalue weighted by Gasteiger charge is -2.16. The van der Waals surface area contributed by atoms with E-state index < -0.39 is 0 Å². The lowest BCUT2D eigenvalue weighted by Crippen LogP contribution is -2.30. The number of pyridine rings is 1. The van der Waals surface area contributed by atoms with Crippen molar-refractivity contribution in [1.82, 2.24) is 9.88 Å². The fourth-order valence-corrected chi connectivity index (χ4v) is 2.65. The molecule has 21 heavy (non-hydrogen) atoms. The van der Waals surface area contributed by atoms with Crippen LogP contribution in [0.25, 0.3) is 10.8 Å². The van der Waals surface area contributed by atoms with Crippen molar-refractivity contribution in [2.45, 2.75) is 6.42 Å². The molecule has 1 aliphatic rings. The molecule has 1 fully saturated rings. The number of nitrogens with zero attached hydrogens (tertiary/aromatic N) is 2. The van der Waals surface area contributed by atoms with Crippen LogP contribution in [-0.4, -0.2) is 35.4 Å². The number of hydrogen-bond acceptors (Lipinski definition) is 3. The summed E-state index contributed by atoms with van der Waals surface area (Å²) in [7, 11) is 0. The topological polar surface area (TPSA) is 59.2 Å². The van der Waals surface area contributed by atoms with Crippen LogP contribution in [0.1, 0.15) is 16.9 Å².